The van der Waals surface area contributed by atoms with Gasteiger partial charge >= 0.3 is 5.97 Å². The lowest BCUT2D eigenvalue weighted by atomic mass is 10.1. The van der Waals surface area contributed by atoms with Crippen LogP contribution in [0.5, 0.6) is 0 Å². The smallest absolute Gasteiger partial charge is 0.305 e. The molecule has 1 unspecified atom stereocenters. The van der Waals surface area contributed by atoms with Crippen molar-refractivity contribution in [2.24, 2.45) is 0 Å². The summed E-state index contributed by atoms with van der Waals surface area (Å²) < 4.78 is 25.4. The van der Waals surface area contributed by atoms with Crippen LogP contribution in [-0.4, -0.2) is 30.5 Å². The highest BCUT2D eigenvalue weighted by Crippen LogP contribution is 2.22. The Morgan fingerprint density at radius 2 is 1.56 bits per heavy atom. The van der Waals surface area contributed by atoms with E-state index in [1.807, 2.05) is 6.92 Å². The van der Waals surface area contributed by atoms with Gasteiger partial charge in [0.25, 0.3) is 0 Å². The molecule has 1 N–H and O–H groups in total. The Balaban J connectivity index is 2.80. The summed E-state index contributed by atoms with van der Waals surface area (Å²) in [6.07, 6.45) is 5.27. The third-order valence-corrected chi connectivity index (χ3v) is 6.33. The van der Waals surface area contributed by atoms with Crippen LogP contribution in [0, 0.1) is 6.92 Å². The lowest BCUT2D eigenvalue weighted by Crippen LogP contribution is -2.32. The van der Waals surface area contributed by atoms with E-state index in [9.17, 15) is 18.0 Å². The molecule has 140 valence electrons. The molecule has 0 saturated heterocycles. The minimum absolute atomic E-state index is 0.000598. The van der Waals surface area contributed by atoms with Crippen LogP contribution in [0.15, 0.2) is 29.2 Å². The molecule has 1 aromatic carbocycles. The quantitative estimate of drug-likeness (QED) is 0.565. The van der Waals surface area contributed by atoms with Gasteiger partial charge in [-0.1, -0.05) is 56.7 Å². The zero-order valence-electron chi connectivity index (χ0n) is 15.0. The van der Waals surface area contributed by atoms with Gasteiger partial charge in [0, 0.05) is 6.42 Å². The summed E-state index contributed by atoms with van der Waals surface area (Å²) in [5.41, 5.74) is 0.896. The molecule has 5 nitrogen and oxygen atoms in total. The zero-order chi connectivity index (χ0) is 18.9. The number of carboxylic acids is 1. The Morgan fingerprint density at radius 1 is 1.00 bits per heavy atom. The Bertz CT molecular complexity index is 662. The van der Waals surface area contributed by atoms with Crippen molar-refractivity contribution in [2.45, 2.75) is 75.4 Å². The molecule has 0 aliphatic rings. The fourth-order valence-corrected chi connectivity index (χ4v) is 4.36. The van der Waals surface area contributed by atoms with Crippen molar-refractivity contribution in [3.63, 3.8) is 0 Å². The number of Topliss-reactive ketones (excluding diaryl/α,β-unsaturated/α-hetero) is 1. The number of carbonyl (C=O) groups is 2. The van der Waals surface area contributed by atoms with Gasteiger partial charge in [-0.05, 0) is 25.5 Å². The van der Waals surface area contributed by atoms with E-state index in [-0.39, 0.29) is 11.3 Å². The van der Waals surface area contributed by atoms with E-state index in [4.69, 9.17) is 5.11 Å². The van der Waals surface area contributed by atoms with Crippen LogP contribution < -0.4 is 0 Å². The average Bonchev–Trinajstić information content (AvgIpc) is 2.55. The summed E-state index contributed by atoms with van der Waals surface area (Å²) in [6.45, 7) is 3.95. The topological polar surface area (TPSA) is 88.5 Å². The molecule has 1 aromatic rings. The van der Waals surface area contributed by atoms with Crippen molar-refractivity contribution in [3.05, 3.63) is 29.8 Å². The van der Waals surface area contributed by atoms with E-state index < -0.39 is 33.3 Å². The van der Waals surface area contributed by atoms with Gasteiger partial charge in [0.05, 0.1) is 11.3 Å². The highest BCUT2D eigenvalue weighted by Gasteiger charge is 2.35. The SMILES string of the molecule is CCCCCCCCC(=O)C(CC(=O)O)S(=O)(=O)c1ccc(C)cc1. The molecule has 0 aliphatic heterocycles. The Morgan fingerprint density at radius 3 is 2.12 bits per heavy atom. The highest BCUT2D eigenvalue weighted by molar-refractivity contribution is 7.92. The van der Waals surface area contributed by atoms with Gasteiger partial charge in [-0.25, -0.2) is 8.42 Å². The fourth-order valence-electron chi connectivity index (χ4n) is 2.69. The summed E-state index contributed by atoms with van der Waals surface area (Å²) in [4.78, 5) is 23.5. The molecule has 1 rings (SSSR count). The van der Waals surface area contributed by atoms with E-state index in [0.717, 1.165) is 37.7 Å². The maximum Gasteiger partial charge on any atom is 0.305 e. The number of ketones is 1. The summed E-state index contributed by atoms with van der Waals surface area (Å²) in [5, 5.41) is 7.53. The fraction of sp³-hybridized carbons (Fsp3) is 0.579. The number of aliphatic carboxylic acids is 1. The van der Waals surface area contributed by atoms with E-state index in [0.29, 0.717) is 6.42 Å². The molecule has 0 bridgehead atoms. The molecule has 0 aliphatic carbocycles. The largest absolute Gasteiger partial charge is 0.481 e. The number of carboxylic acid groups (broad SMARTS) is 1. The lowest BCUT2D eigenvalue weighted by Gasteiger charge is -2.15. The third-order valence-electron chi connectivity index (χ3n) is 4.22. The first-order valence-electron chi connectivity index (χ1n) is 8.84. The van der Waals surface area contributed by atoms with Gasteiger partial charge in [0.2, 0.25) is 0 Å². The number of hydrogen-bond donors (Lipinski definition) is 1. The highest BCUT2D eigenvalue weighted by atomic mass is 32.2. The molecule has 0 fully saturated rings. The number of carbonyl (C=O) groups excluding carboxylic acids is 1. The predicted molar refractivity (Wildman–Crippen MR) is 97.4 cm³/mol. The maximum absolute atomic E-state index is 12.7. The molecule has 0 radical (unpaired) electrons. The minimum atomic E-state index is -3.99. The minimum Gasteiger partial charge on any atom is -0.481 e. The van der Waals surface area contributed by atoms with Gasteiger partial charge in [-0.2, -0.15) is 0 Å². The number of rotatable bonds is 12. The summed E-state index contributed by atoms with van der Waals surface area (Å²) in [6, 6.07) is 6.14. The number of hydrogen-bond acceptors (Lipinski definition) is 4. The van der Waals surface area contributed by atoms with Crippen LogP contribution in [0.3, 0.4) is 0 Å². The average molecular weight is 368 g/mol. The van der Waals surface area contributed by atoms with Crippen LogP contribution in [0.25, 0.3) is 0 Å². The van der Waals surface area contributed by atoms with Gasteiger partial charge in [0.1, 0.15) is 5.25 Å². The standard InChI is InChI=1S/C19H28O5S/c1-3-4-5-6-7-8-9-17(20)18(14-19(21)22)25(23,24)16-12-10-15(2)11-13-16/h10-13,18H,3-9,14H2,1-2H3,(H,21,22). The normalized spacial score (nSPS) is 12.7. The number of sulfone groups is 1. The second-order valence-corrected chi connectivity index (χ2v) is 8.56. The maximum atomic E-state index is 12.7. The van der Waals surface area contributed by atoms with Gasteiger partial charge in [-0.15, -0.1) is 0 Å². The first kappa shape index (κ1) is 21.4. The first-order chi connectivity index (χ1) is 11.8. The molecule has 0 aromatic heterocycles. The molecular weight excluding hydrogens is 340 g/mol. The Kier molecular flexibility index (Phi) is 8.83. The summed E-state index contributed by atoms with van der Waals surface area (Å²) in [5.74, 6) is -1.78. The van der Waals surface area contributed by atoms with Crippen molar-refractivity contribution in [2.75, 3.05) is 0 Å². The van der Waals surface area contributed by atoms with E-state index >= 15 is 0 Å². The molecule has 1 atom stereocenters. The molecule has 0 heterocycles. The number of unbranched alkanes of at least 4 members (excludes halogenated alkanes) is 5. The predicted octanol–water partition coefficient (Wildman–Crippen LogP) is 3.93. The molecule has 25 heavy (non-hydrogen) atoms. The lowest BCUT2D eigenvalue weighted by molar-refractivity contribution is -0.138. The van der Waals surface area contributed by atoms with Crippen molar-refractivity contribution in [1.29, 1.82) is 0 Å². The van der Waals surface area contributed by atoms with E-state index in [2.05, 4.69) is 6.92 Å². The van der Waals surface area contributed by atoms with Crippen LogP contribution in [0.1, 0.15) is 63.9 Å². The molecule has 0 spiro atoms. The van der Waals surface area contributed by atoms with Crippen molar-refractivity contribution in [1.82, 2.24) is 0 Å². The number of benzene rings is 1. The van der Waals surface area contributed by atoms with Crippen LogP contribution in [0.2, 0.25) is 0 Å². The molecule has 6 heteroatoms. The Labute approximate surface area is 150 Å². The summed E-state index contributed by atoms with van der Waals surface area (Å²) >= 11 is 0. The van der Waals surface area contributed by atoms with E-state index in [1.165, 1.54) is 12.1 Å². The molecule has 0 amide bonds. The number of aryl methyl sites for hydroxylation is 1. The first-order valence-corrected chi connectivity index (χ1v) is 10.4. The van der Waals surface area contributed by atoms with Crippen LogP contribution >= 0.6 is 0 Å². The van der Waals surface area contributed by atoms with Gasteiger partial charge in [-0.3, -0.25) is 9.59 Å². The third kappa shape index (κ3) is 6.98. The van der Waals surface area contributed by atoms with Crippen molar-refractivity contribution < 1.29 is 23.1 Å². The summed E-state index contributed by atoms with van der Waals surface area (Å²) in [7, 11) is -3.99. The van der Waals surface area contributed by atoms with Gasteiger partial charge in [0.15, 0.2) is 15.6 Å². The molecular formula is C19H28O5S. The van der Waals surface area contributed by atoms with Crippen molar-refractivity contribution >= 4 is 21.6 Å². The second kappa shape index (κ2) is 10.3. The van der Waals surface area contributed by atoms with Crippen molar-refractivity contribution in [3.8, 4) is 0 Å². The van der Waals surface area contributed by atoms with E-state index in [1.54, 1.807) is 12.1 Å². The van der Waals surface area contributed by atoms with Gasteiger partial charge < -0.3 is 5.11 Å². The molecule has 0 saturated carbocycles. The second-order valence-electron chi connectivity index (χ2n) is 6.43. The zero-order valence-corrected chi connectivity index (χ0v) is 15.8. The monoisotopic (exact) mass is 368 g/mol. The van der Waals surface area contributed by atoms with Crippen LogP contribution in [-0.2, 0) is 19.4 Å². The van der Waals surface area contributed by atoms with Crippen LogP contribution in [0.4, 0.5) is 0 Å². The Hall–Kier alpha value is -1.69.